The van der Waals surface area contributed by atoms with Crippen LogP contribution in [0.2, 0.25) is 0 Å². The summed E-state index contributed by atoms with van der Waals surface area (Å²) in [7, 11) is 0. The molecule has 0 unspecified atom stereocenters. The lowest BCUT2D eigenvalue weighted by atomic mass is 10.1. The summed E-state index contributed by atoms with van der Waals surface area (Å²) in [5.74, 6) is -0.912. The van der Waals surface area contributed by atoms with Crippen LogP contribution < -0.4 is 21.3 Å². The number of hydrogen-bond donors (Lipinski definition) is 3. The molecule has 1 aromatic rings. The number of nitrogens with two attached hydrogens (primary N) is 1. The third-order valence-electron chi connectivity index (χ3n) is 4.63. The minimum Gasteiger partial charge on any atom is -0.368 e. The van der Waals surface area contributed by atoms with Crippen LogP contribution in [0.3, 0.4) is 0 Å². The first-order valence-electron chi connectivity index (χ1n) is 9.26. The molecule has 3 amide bonds. The Morgan fingerprint density at radius 3 is 2.22 bits per heavy atom. The molecule has 8 nitrogen and oxygen atoms in total. The molecule has 2 rings (SSSR count). The highest BCUT2D eigenvalue weighted by molar-refractivity contribution is 5.89. The molecule has 4 N–H and O–H groups in total. The second kappa shape index (κ2) is 9.91. The number of carbonyl (C=O) groups excluding carboxylic acids is 3. The lowest BCUT2D eigenvalue weighted by Gasteiger charge is -2.36. The summed E-state index contributed by atoms with van der Waals surface area (Å²) < 4.78 is 0. The minimum absolute atomic E-state index is 0.0100. The highest BCUT2D eigenvalue weighted by Gasteiger charge is 2.22. The van der Waals surface area contributed by atoms with Gasteiger partial charge >= 0.3 is 0 Å². The number of para-hydroxylation sites is 1. The zero-order valence-electron chi connectivity index (χ0n) is 16.0. The molecule has 0 spiro atoms. The molecule has 0 radical (unpaired) electrons. The van der Waals surface area contributed by atoms with Crippen molar-refractivity contribution in [3.05, 3.63) is 30.3 Å². The molecular formula is C19H29N5O3. The van der Waals surface area contributed by atoms with E-state index in [1.807, 2.05) is 32.0 Å². The van der Waals surface area contributed by atoms with Crippen LogP contribution in [0, 0.1) is 5.92 Å². The van der Waals surface area contributed by atoms with Crippen molar-refractivity contribution in [1.29, 1.82) is 0 Å². The van der Waals surface area contributed by atoms with Gasteiger partial charge in [0.1, 0.15) is 0 Å². The van der Waals surface area contributed by atoms with Gasteiger partial charge in [-0.25, -0.2) is 0 Å². The van der Waals surface area contributed by atoms with Crippen LogP contribution in [0.1, 0.15) is 13.8 Å². The van der Waals surface area contributed by atoms with Crippen molar-refractivity contribution in [3.63, 3.8) is 0 Å². The SMILES string of the molecule is CC(C)[C@H](N)C(=O)NCC(=O)NCC(=O)N1CCN(c2ccccc2)CC1. The Balaban J connectivity index is 1.67. The fourth-order valence-electron chi connectivity index (χ4n) is 2.79. The molecule has 1 heterocycles. The van der Waals surface area contributed by atoms with E-state index in [1.54, 1.807) is 4.90 Å². The number of carbonyl (C=O) groups is 3. The van der Waals surface area contributed by atoms with E-state index >= 15 is 0 Å². The largest absolute Gasteiger partial charge is 0.368 e. The Labute approximate surface area is 160 Å². The molecule has 0 aromatic heterocycles. The number of nitrogens with one attached hydrogen (secondary N) is 2. The van der Waals surface area contributed by atoms with Crippen LogP contribution in [0.15, 0.2) is 30.3 Å². The summed E-state index contributed by atoms with van der Waals surface area (Å²) in [4.78, 5) is 39.8. The molecule has 1 atom stereocenters. The molecular weight excluding hydrogens is 346 g/mol. The van der Waals surface area contributed by atoms with Gasteiger partial charge in [0.25, 0.3) is 0 Å². The second-order valence-corrected chi connectivity index (χ2v) is 6.97. The number of benzene rings is 1. The maximum absolute atomic E-state index is 12.3. The van der Waals surface area contributed by atoms with Gasteiger partial charge in [-0.05, 0) is 18.1 Å². The Kier molecular flexibility index (Phi) is 7.60. The number of amides is 3. The smallest absolute Gasteiger partial charge is 0.242 e. The van der Waals surface area contributed by atoms with Crippen molar-refractivity contribution in [3.8, 4) is 0 Å². The Morgan fingerprint density at radius 1 is 1.00 bits per heavy atom. The third kappa shape index (κ3) is 6.25. The van der Waals surface area contributed by atoms with E-state index in [2.05, 4.69) is 27.7 Å². The summed E-state index contributed by atoms with van der Waals surface area (Å²) in [6.45, 7) is 6.15. The maximum Gasteiger partial charge on any atom is 0.242 e. The van der Waals surface area contributed by atoms with Crippen LogP contribution in [0.25, 0.3) is 0 Å². The number of anilines is 1. The monoisotopic (exact) mass is 375 g/mol. The lowest BCUT2D eigenvalue weighted by molar-refractivity contribution is -0.133. The van der Waals surface area contributed by atoms with Gasteiger partial charge in [-0.3, -0.25) is 14.4 Å². The first kappa shape index (κ1) is 20.7. The first-order chi connectivity index (χ1) is 12.9. The lowest BCUT2D eigenvalue weighted by Crippen LogP contribution is -2.52. The van der Waals surface area contributed by atoms with Crippen LogP contribution in [0.4, 0.5) is 5.69 Å². The Morgan fingerprint density at radius 2 is 1.63 bits per heavy atom. The summed E-state index contributed by atoms with van der Waals surface area (Å²) in [6.07, 6.45) is 0. The van der Waals surface area contributed by atoms with Gasteiger partial charge in [-0.15, -0.1) is 0 Å². The summed E-state index contributed by atoms with van der Waals surface area (Å²) >= 11 is 0. The van der Waals surface area contributed by atoms with Crippen LogP contribution >= 0.6 is 0 Å². The van der Waals surface area contributed by atoms with Crippen molar-refractivity contribution in [2.24, 2.45) is 11.7 Å². The Bertz CT molecular complexity index is 642. The van der Waals surface area contributed by atoms with E-state index in [0.717, 1.165) is 18.8 Å². The third-order valence-corrected chi connectivity index (χ3v) is 4.63. The van der Waals surface area contributed by atoms with Crippen LogP contribution in [-0.2, 0) is 14.4 Å². The molecule has 0 saturated carbocycles. The van der Waals surface area contributed by atoms with Crippen molar-refractivity contribution >= 4 is 23.4 Å². The standard InChI is InChI=1S/C19H29N5O3/c1-14(2)18(20)19(27)22-12-16(25)21-13-17(26)24-10-8-23(9-11-24)15-6-4-3-5-7-15/h3-7,14,18H,8-13,20H2,1-2H3,(H,21,25)(H,22,27)/t18-/m0/s1. The van der Waals surface area contributed by atoms with E-state index in [1.165, 1.54) is 0 Å². The zero-order valence-corrected chi connectivity index (χ0v) is 16.0. The van der Waals surface area contributed by atoms with E-state index in [-0.39, 0.29) is 30.8 Å². The average molecular weight is 375 g/mol. The van der Waals surface area contributed by atoms with E-state index in [9.17, 15) is 14.4 Å². The number of piperazine rings is 1. The summed E-state index contributed by atoms with van der Waals surface area (Å²) in [5, 5.41) is 5.03. The maximum atomic E-state index is 12.3. The van der Waals surface area contributed by atoms with Gasteiger partial charge in [0.15, 0.2) is 0 Å². The van der Waals surface area contributed by atoms with E-state index in [4.69, 9.17) is 5.73 Å². The average Bonchev–Trinajstić information content (AvgIpc) is 2.70. The molecule has 1 aliphatic heterocycles. The molecule has 1 fully saturated rings. The summed E-state index contributed by atoms with van der Waals surface area (Å²) in [5.41, 5.74) is 6.86. The molecule has 27 heavy (non-hydrogen) atoms. The van der Waals surface area contributed by atoms with Crippen molar-refractivity contribution in [2.45, 2.75) is 19.9 Å². The quantitative estimate of drug-likeness (QED) is 0.598. The highest BCUT2D eigenvalue weighted by atomic mass is 16.2. The van der Waals surface area contributed by atoms with Crippen LogP contribution in [0.5, 0.6) is 0 Å². The number of nitrogens with zero attached hydrogens (tertiary/aromatic N) is 2. The molecule has 148 valence electrons. The molecule has 1 saturated heterocycles. The molecule has 1 aliphatic rings. The van der Waals surface area contributed by atoms with Gasteiger partial charge in [-0.2, -0.15) is 0 Å². The van der Waals surface area contributed by atoms with Gasteiger partial charge < -0.3 is 26.2 Å². The van der Waals surface area contributed by atoms with Gasteiger partial charge in [0.05, 0.1) is 19.1 Å². The van der Waals surface area contributed by atoms with Crippen molar-refractivity contribution in [2.75, 3.05) is 44.2 Å². The van der Waals surface area contributed by atoms with E-state index in [0.29, 0.717) is 13.1 Å². The molecule has 1 aromatic carbocycles. The van der Waals surface area contributed by atoms with Gasteiger partial charge in [-0.1, -0.05) is 32.0 Å². The van der Waals surface area contributed by atoms with Crippen LogP contribution in [-0.4, -0.2) is 67.9 Å². The van der Waals surface area contributed by atoms with Gasteiger partial charge in [0.2, 0.25) is 17.7 Å². The minimum atomic E-state index is -0.652. The number of hydrogen-bond acceptors (Lipinski definition) is 5. The summed E-state index contributed by atoms with van der Waals surface area (Å²) in [6, 6.07) is 9.42. The molecule has 8 heteroatoms. The molecule has 0 aliphatic carbocycles. The predicted molar refractivity (Wildman–Crippen MR) is 104 cm³/mol. The second-order valence-electron chi connectivity index (χ2n) is 6.97. The fourth-order valence-corrected chi connectivity index (χ4v) is 2.79. The van der Waals surface area contributed by atoms with Gasteiger partial charge in [0, 0.05) is 31.9 Å². The topological polar surface area (TPSA) is 108 Å². The van der Waals surface area contributed by atoms with E-state index < -0.39 is 11.9 Å². The van der Waals surface area contributed by atoms with Crippen molar-refractivity contribution in [1.82, 2.24) is 15.5 Å². The normalized spacial score (nSPS) is 15.4. The Hall–Kier alpha value is -2.61. The predicted octanol–water partition coefficient (Wildman–Crippen LogP) is -0.449. The number of rotatable bonds is 7. The highest BCUT2D eigenvalue weighted by Crippen LogP contribution is 2.15. The zero-order chi connectivity index (χ0) is 19.8. The first-order valence-corrected chi connectivity index (χ1v) is 9.26. The fraction of sp³-hybridized carbons (Fsp3) is 0.526. The van der Waals surface area contributed by atoms with Crippen molar-refractivity contribution < 1.29 is 14.4 Å². The molecule has 0 bridgehead atoms.